The van der Waals surface area contributed by atoms with Crippen LogP contribution in [0.5, 0.6) is 0 Å². The highest BCUT2D eigenvalue weighted by atomic mass is 32.2. The number of benzene rings is 1. The SMILES string of the molecule is Cc1cccc(S(=O)(=O)CC(O)CN)c1. The number of rotatable bonds is 4. The molecule has 4 nitrogen and oxygen atoms in total. The van der Waals surface area contributed by atoms with Crippen LogP contribution in [0.25, 0.3) is 0 Å². The average Bonchev–Trinajstić information content (AvgIpc) is 2.17. The summed E-state index contributed by atoms with van der Waals surface area (Å²) in [6.45, 7) is 1.77. The van der Waals surface area contributed by atoms with Crippen LogP contribution in [0.1, 0.15) is 5.56 Å². The molecule has 0 bridgehead atoms. The summed E-state index contributed by atoms with van der Waals surface area (Å²) < 4.78 is 23.5. The Hall–Kier alpha value is -0.910. The van der Waals surface area contributed by atoms with Gasteiger partial charge in [-0.15, -0.1) is 0 Å². The van der Waals surface area contributed by atoms with E-state index < -0.39 is 15.9 Å². The third kappa shape index (κ3) is 3.30. The van der Waals surface area contributed by atoms with Gasteiger partial charge in [-0.2, -0.15) is 0 Å². The van der Waals surface area contributed by atoms with E-state index in [2.05, 4.69) is 0 Å². The van der Waals surface area contributed by atoms with Gasteiger partial charge in [0.2, 0.25) is 0 Å². The summed E-state index contributed by atoms with van der Waals surface area (Å²) in [5.74, 6) is -0.326. The third-order valence-corrected chi connectivity index (χ3v) is 3.83. The fourth-order valence-corrected chi connectivity index (χ4v) is 2.71. The Morgan fingerprint density at radius 1 is 1.47 bits per heavy atom. The Bertz CT molecular complexity index is 428. The molecule has 1 aromatic rings. The van der Waals surface area contributed by atoms with Gasteiger partial charge in [0.1, 0.15) is 0 Å². The van der Waals surface area contributed by atoms with Gasteiger partial charge in [0.25, 0.3) is 0 Å². The summed E-state index contributed by atoms with van der Waals surface area (Å²) >= 11 is 0. The summed E-state index contributed by atoms with van der Waals surface area (Å²) in [4.78, 5) is 0.231. The molecule has 1 unspecified atom stereocenters. The second-order valence-corrected chi connectivity index (χ2v) is 5.52. The highest BCUT2D eigenvalue weighted by Gasteiger charge is 2.18. The summed E-state index contributed by atoms with van der Waals surface area (Å²) in [5, 5.41) is 9.22. The number of nitrogens with two attached hydrogens (primary N) is 1. The Labute approximate surface area is 89.7 Å². The smallest absolute Gasteiger partial charge is 0.180 e. The maximum atomic E-state index is 11.7. The quantitative estimate of drug-likeness (QED) is 0.766. The summed E-state index contributed by atoms with van der Waals surface area (Å²) in [6, 6.07) is 6.60. The molecule has 0 fully saturated rings. The van der Waals surface area contributed by atoms with Crippen molar-refractivity contribution in [3.63, 3.8) is 0 Å². The van der Waals surface area contributed by atoms with Crippen LogP contribution in [0.2, 0.25) is 0 Å². The molecule has 1 rings (SSSR count). The Balaban J connectivity index is 2.96. The van der Waals surface area contributed by atoms with Crippen molar-refractivity contribution in [3.05, 3.63) is 29.8 Å². The van der Waals surface area contributed by atoms with Crippen LogP contribution in [-0.2, 0) is 9.84 Å². The molecule has 0 aliphatic carbocycles. The Morgan fingerprint density at radius 3 is 2.67 bits per heavy atom. The van der Waals surface area contributed by atoms with E-state index in [1.54, 1.807) is 12.1 Å². The lowest BCUT2D eigenvalue weighted by atomic mass is 10.2. The van der Waals surface area contributed by atoms with Crippen molar-refractivity contribution in [2.24, 2.45) is 5.73 Å². The summed E-state index contributed by atoms with van der Waals surface area (Å²) in [6.07, 6.45) is -1.00. The van der Waals surface area contributed by atoms with Crippen molar-refractivity contribution in [3.8, 4) is 0 Å². The molecule has 0 aliphatic rings. The van der Waals surface area contributed by atoms with Crippen molar-refractivity contribution < 1.29 is 13.5 Å². The van der Waals surface area contributed by atoms with Gasteiger partial charge in [0.15, 0.2) is 9.84 Å². The lowest BCUT2D eigenvalue weighted by Crippen LogP contribution is -2.28. The summed E-state index contributed by atoms with van der Waals surface area (Å²) in [5.41, 5.74) is 6.05. The van der Waals surface area contributed by atoms with Gasteiger partial charge in [0.05, 0.1) is 16.8 Å². The predicted molar refractivity (Wildman–Crippen MR) is 58.3 cm³/mol. The number of hydrogen-bond acceptors (Lipinski definition) is 4. The van der Waals surface area contributed by atoms with Crippen LogP contribution in [0.4, 0.5) is 0 Å². The Morgan fingerprint density at radius 2 is 2.13 bits per heavy atom. The molecule has 1 atom stereocenters. The number of aliphatic hydroxyl groups excluding tert-OH is 1. The molecule has 0 spiro atoms. The molecule has 0 heterocycles. The minimum Gasteiger partial charge on any atom is -0.391 e. The van der Waals surface area contributed by atoms with Gasteiger partial charge >= 0.3 is 0 Å². The molecule has 0 aromatic heterocycles. The molecule has 15 heavy (non-hydrogen) atoms. The van der Waals surface area contributed by atoms with Gasteiger partial charge in [-0.25, -0.2) is 8.42 Å². The maximum Gasteiger partial charge on any atom is 0.180 e. The molecule has 0 amide bonds. The molecule has 0 saturated heterocycles. The van der Waals surface area contributed by atoms with E-state index in [1.807, 2.05) is 13.0 Å². The Kier molecular flexibility index (Phi) is 3.84. The van der Waals surface area contributed by atoms with E-state index in [4.69, 9.17) is 5.73 Å². The van der Waals surface area contributed by atoms with Crippen LogP contribution in [0.3, 0.4) is 0 Å². The standard InChI is InChI=1S/C10H15NO3S/c1-8-3-2-4-10(5-8)15(13,14)7-9(12)6-11/h2-5,9,12H,6-7,11H2,1H3. The fraction of sp³-hybridized carbons (Fsp3) is 0.400. The van der Waals surface area contributed by atoms with E-state index in [9.17, 15) is 13.5 Å². The second kappa shape index (κ2) is 4.74. The van der Waals surface area contributed by atoms with E-state index in [0.29, 0.717) is 0 Å². The first-order chi connectivity index (χ1) is 6.95. The molecule has 3 N–H and O–H groups in total. The van der Waals surface area contributed by atoms with Crippen molar-refractivity contribution in [1.29, 1.82) is 0 Å². The summed E-state index contributed by atoms with van der Waals surface area (Å²) in [7, 11) is -3.42. The minimum absolute atomic E-state index is 0.0505. The van der Waals surface area contributed by atoms with E-state index in [1.165, 1.54) is 6.07 Å². The third-order valence-electron chi connectivity index (χ3n) is 2.03. The first-order valence-electron chi connectivity index (χ1n) is 4.63. The zero-order chi connectivity index (χ0) is 11.5. The normalized spacial score (nSPS) is 13.8. The molecule has 1 aromatic carbocycles. The van der Waals surface area contributed by atoms with Crippen molar-refractivity contribution in [2.75, 3.05) is 12.3 Å². The first-order valence-corrected chi connectivity index (χ1v) is 6.28. The van der Waals surface area contributed by atoms with Gasteiger partial charge < -0.3 is 10.8 Å². The minimum atomic E-state index is -3.42. The predicted octanol–water partition coefficient (Wildman–Crippen LogP) is 0.0883. The topological polar surface area (TPSA) is 80.4 Å². The first kappa shape index (κ1) is 12.2. The largest absolute Gasteiger partial charge is 0.391 e. The number of hydrogen-bond donors (Lipinski definition) is 2. The molecular formula is C10H15NO3S. The van der Waals surface area contributed by atoms with Crippen LogP contribution >= 0.6 is 0 Å². The van der Waals surface area contributed by atoms with E-state index >= 15 is 0 Å². The van der Waals surface area contributed by atoms with Crippen LogP contribution in [-0.4, -0.2) is 31.9 Å². The average molecular weight is 229 g/mol. The number of aryl methyl sites for hydroxylation is 1. The monoisotopic (exact) mass is 229 g/mol. The molecule has 5 heteroatoms. The molecule has 0 radical (unpaired) electrons. The highest BCUT2D eigenvalue weighted by Crippen LogP contribution is 2.13. The van der Waals surface area contributed by atoms with E-state index in [0.717, 1.165) is 5.56 Å². The van der Waals surface area contributed by atoms with Crippen LogP contribution in [0.15, 0.2) is 29.2 Å². The van der Waals surface area contributed by atoms with Crippen LogP contribution < -0.4 is 5.73 Å². The zero-order valence-corrected chi connectivity index (χ0v) is 9.37. The zero-order valence-electron chi connectivity index (χ0n) is 8.55. The molecular weight excluding hydrogens is 214 g/mol. The lowest BCUT2D eigenvalue weighted by molar-refractivity contribution is 0.205. The van der Waals surface area contributed by atoms with Gasteiger partial charge in [-0.05, 0) is 24.6 Å². The fourth-order valence-electron chi connectivity index (χ4n) is 1.23. The lowest BCUT2D eigenvalue weighted by Gasteiger charge is -2.09. The second-order valence-electron chi connectivity index (χ2n) is 3.49. The molecule has 0 aliphatic heterocycles. The number of aliphatic hydroxyl groups is 1. The van der Waals surface area contributed by atoms with Gasteiger partial charge in [0, 0.05) is 6.54 Å². The van der Waals surface area contributed by atoms with Crippen LogP contribution in [0, 0.1) is 6.92 Å². The number of sulfone groups is 1. The van der Waals surface area contributed by atoms with E-state index in [-0.39, 0.29) is 17.2 Å². The van der Waals surface area contributed by atoms with Crippen molar-refractivity contribution in [2.45, 2.75) is 17.9 Å². The highest BCUT2D eigenvalue weighted by molar-refractivity contribution is 7.91. The van der Waals surface area contributed by atoms with Crippen molar-refractivity contribution in [1.82, 2.24) is 0 Å². The molecule has 0 saturated carbocycles. The van der Waals surface area contributed by atoms with Gasteiger partial charge in [-0.3, -0.25) is 0 Å². The van der Waals surface area contributed by atoms with Gasteiger partial charge in [-0.1, -0.05) is 12.1 Å². The van der Waals surface area contributed by atoms with Crippen molar-refractivity contribution >= 4 is 9.84 Å². The maximum absolute atomic E-state index is 11.7. The molecule has 84 valence electrons.